The molecule has 0 amide bonds. The fourth-order valence-electron chi connectivity index (χ4n) is 1.55. The third-order valence-corrected chi connectivity index (χ3v) is 2.14. The van der Waals surface area contributed by atoms with Crippen molar-refractivity contribution in [3.05, 3.63) is 0 Å². The molecule has 2 aliphatic heterocycles. The minimum Gasteiger partial charge on any atom is -0.463 e. The van der Waals surface area contributed by atoms with Crippen LogP contribution in [0.2, 0.25) is 0 Å². The van der Waals surface area contributed by atoms with Crippen LogP contribution in [0.15, 0.2) is 4.99 Å². The number of hydrogen-bond donors (Lipinski definition) is 1. The molecule has 2 N–H and O–H groups in total. The summed E-state index contributed by atoms with van der Waals surface area (Å²) in [6.07, 6.45) is 2.09. The zero-order valence-electron chi connectivity index (χ0n) is 6.38. The van der Waals surface area contributed by atoms with Crippen molar-refractivity contribution in [3.63, 3.8) is 0 Å². The first-order chi connectivity index (χ1) is 5.31. The molecule has 0 aromatic rings. The maximum atomic E-state index is 5.41. The summed E-state index contributed by atoms with van der Waals surface area (Å²) in [5, 5.41) is 0. The molecule has 1 atom stereocenters. The van der Waals surface area contributed by atoms with Crippen molar-refractivity contribution in [1.82, 2.24) is 0 Å². The summed E-state index contributed by atoms with van der Waals surface area (Å²) >= 11 is 0. The van der Waals surface area contributed by atoms with Crippen LogP contribution in [0.4, 0.5) is 0 Å². The van der Waals surface area contributed by atoms with E-state index in [1.165, 1.54) is 0 Å². The van der Waals surface area contributed by atoms with E-state index in [0.29, 0.717) is 19.2 Å². The van der Waals surface area contributed by atoms with E-state index in [2.05, 4.69) is 4.99 Å². The van der Waals surface area contributed by atoms with Gasteiger partial charge in [0.15, 0.2) is 0 Å². The quantitative estimate of drug-likeness (QED) is 0.532. The lowest BCUT2D eigenvalue weighted by Crippen LogP contribution is -2.38. The van der Waals surface area contributed by atoms with E-state index in [-0.39, 0.29) is 5.54 Å². The van der Waals surface area contributed by atoms with Crippen molar-refractivity contribution < 1.29 is 9.47 Å². The molecule has 2 aliphatic rings. The van der Waals surface area contributed by atoms with Gasteiger partial charge >= 0.3 is 0 Å². The van der Waals surface area contributed by atoms with Crippen LogP contribution >= 0.6 is 0 Å². The Kier molecular flexibility index (Phi) is 1.49. The minimum atomic E-state index is -0.137. The van der Waals surface area contributed by atoms with Gasteiger partial charge in [-0.2, -0.15) is 0 Å². The van der Waals surface area contributed by atoms with Crippen molar-refractivity contribution in [1.29, 1.82) is 0 Å². The SMILES string of the molecule is NC1=NC2(CCCOC2)CO1. The summed E-state index contributed by atoms with van der Waals surface area (Å²) in [5.74, 6) is 0. The first kappa shape index (κ1) is 6.91. The Bertz CT molecular complexity index is 185. The second kappa shape index (κ2) is 2.37. The third kappa shape index (κ3) is 1.18. The maximum Gasteiger partial charge on any atom is 0.282 e. The number of rotatable bonds is 0. The molecule has 1 fully saturated rings. The van der Waals surface area contributed by atoms with Crippen molar-refractivity contribution in [2.24, 2.45) is 10.7 Å². The van der Waals surface area contributed by atoms with Crippen molar-refractivity contribution >= 4 is 6.02 Å². The van der Waals surface area contributed by atoms with Gasteiger partial charge < -0.3 is 15.2 Å². The van der Waals surface area contributed by atoms with E-state index >= 15 is 0 Å². The lowest BCUT2D eigenvalue weighted by molar-refractivity contribution is 0.0281. The van der Waals surface area contributed by atoms with Gasteiger partial charge in [-0.25, -0.2) is 4.99 Å². The highest BCUT2D eigenvalue weighted by atomic mass is 16.5. The van der Waals surface area contributed by atoms with E-state index in [4.69, 9.17) is 15.2 Å². The molecule has 62 valence electrons. The fourth-order valence-corrected chi connectivity index (χ4v) is 1.55. The second-order valence-corrected chi connectivity index (χ2v) is 3.12. The highest BCUT2D eigenvalue weighted by Crippen LogP contribution is 2.27. The summed E-state index contributed by atoms with van der Waals surface area (Å²) in [6.45, 7) is 2.10. The maximum absolute atomic E-state index is 5.41. The van der Waals surface area contributed by atoms with Gasteiger partial charge in [-0.3, -0.25) is 0 Å². The Morgan fingerprint density at radius 2 is 2.36 bits per heavy atom. The predicted octanol–water partition coefficient (Wildman–Crippen LogP) is -0.120. The average Bonchev–Trinajstić information content (AvgIpc) is 2.34. The van der Waals surface area contributed by atoms with Crippen LogP contribution in [0.1, 0.15) is 12.8 Å². The molecule has 0 aromatic heterocycles. The van der Waals surface area contributed by atoms with Gasteiger partial charge in [-0.15, -0.1) is 0 Å². The number of nitrogens with two attached hydrogens (primary N) is 1. The summed E-state index contributed by atoms with van der Waals surface area (Å²) in [4.78, 5) is 4.23. The van der Waals surface area contributed by atoms with E-state index in [0.717, 1.165) is 19.4 Å². The normalized spacial score (nSPS) is 36.9. The van der Waals surface area contributed by atoms with Gasteiger partial charge in [0.2, 0.25) is 0 Å². The lowest BCUT2D eigenvalue weighted by Gasteiger charge is -2.27. The van der Waals surface area contributed by atoms with Crippen LogP contribution in [0.5, 0.6) is 0 Å². The van der Waals surface area contributed by atoms with Gasteiger partial charge in [-0.1, -0.05) is 0 Å². The molecule has 2 heterocycles. The summed E-state index contributed by atoms with van der Waals surface area (Å²) in [5.41, 5.74) is 5.28. The molecule has 0 aromatic carbocycles. The van der Waals surface area contributed by atoms with Crippen molar-refractivity contribution in [2.45, 2.75) is 18.4 Å². The average molecular weight is 156 g/mol. The van der Waals surface area contributed by atoms with Gasteiger partial charge in [0, 0.05) is 6.61 Å². The number of ether oxygens (including phenoxy) is 2. The number of amidine groups is 1. The molecule has 4 heteroatoms. The van der Waals surface area contributed by atoms with E-state index < -0.39 is 0 Å². The lowest BCUT2D eigenvalue weighted by atomic mass is 9.95. The van der Waals surface area contributed by atoms with E-state index in [1.807, 2.05) is 0 Å². The molecule has 0 bridgehead atoms. The van der Waals surface area contributed by atoms with Crippen LogP contribution in [0, 0.1) is 0 Å². The molecular formula is C7H12N2O2. The number of nitrogens with zero attached hydrogens (tertiary/aromatic N) is 1. The monoisotopic (exact) mass is 156 g/mol. The van der Waals surface area contributed by atoms with Crippen LogP contribution in [0.25, 0.3) is 0 Å². The molecule has 1 unspecified atom stereocenters. The molecule has 1 saturated heterocycles. The Morgan fingerprint density at radius 1 is 1.45 bits per heavy atom. The summed E-state index contributed by atoms with van der Waals surface area (Å²) in [6, 6.07) is 0.315. The Hall–Kier alpha value is -0.770. The van der Waals surface area contributed by atoms with E-state index in [9.17, 15) is 0 Å². The molecule has 0 aliphatic carbocycles. The standard InChI is InChI=1S/C7H12N2O2/c8-6-9-7(5-11-6)2-1-3-10-4-7/h1-5H2,(H2,8,9). The highest BCUT2D eigenvalue weighted by molar-refractivity contribution is 5.73. The Morgan fingerprint density at radius 3 is 2.91 bits per heavy atom. The Labute approximate surface area is 65.4 Å². The summed E-state index contributed by atoms with van der Waals surface area (Å²) in [7, 11) is 0. The van der Waals surface area contributed by atoms with Gasteiger partial charge in [0.05, 0.1) is 6.61 Å². The van der Waals surface area contributed by atoms with Crippen LogP contribution in [0.3, 0.4) is 0 Å². The Balaban J connectivity index is 2.09. The first-order valence-electron chi connectivity index (χ1n) is 3.87. The van der Waals surface area contributed by atoms with Crippen LogP contribution in [-0.2, 0) is 9.47 Å². The zero-order chi connectivity index (χ0) is 7.73. The molecule has 4 nitrogen and oxygen atoms in total. The minimum absolute atomic E-state index is 0.137. The van der Waals surface area contributed by atoms with Gasteiger partial charge in [0.25, 0.3) is 6.02 Å². The van der Waals surface area contributed by atoms with E-state index in [1.54, 1.807) is 0 Å². The smallest absolute Gasteiger partial charge is 0.282 e. The van der Waals surface area contributed by atoms with Crippen molar-refractivity contribution in [3.8, 4) is 0 Å². The topological polar surface area (TPSA) is 56.8 Å². The molecule has 11 heavy (non-hydrogen) atoms. The fraction of sp³-hybridized carbons (Fsp3) is 0.857. The second-order valence-electron chi connectivity index (χ2n) is 3.12. The highest BCUT2D eigenvalue weighted by Gasteiger charge is 2.37. The van der Waals surface area contributed by atoms with Crippen LogP contribution in [-0.4, -0.2) is 31.4 Å². The molecular weight excluding hydrogens is 144 g/mol. The summed E-state index contributed by atoms with van der Waals surface area (Å²) < 4.78 is 10.4. The molecule has 0 saturated carbocycles. The van der Waals surface area contributed by atoms with Gasteiger partial charge in [0.1, 0.15) is 12.1 Å². The largest absolute Gasteiger partial charge is 0.463 e. The van der Waals surface area contributed by atoms with Gasteiger partial charge in [-0.05, 0) is 12.8 Å². The third-order valence-electron chi connectivity index (χ3n) is 2.14. The predicted molar refractivity (Wildman–Crippen MR) is 40.4 cm³/mol. The molecule has 1 spiro atoms. The molecule has 0 radical (unpaired) electrons. The van der Waals surface area contributed by atoms with Crippen molar-refractivity contribution in [2.75, 3.05) is 19.8 Å². The number of hydrogen-bond acceptors (Lipinski definition) is 4. The molecule has 2 rings (SSSR count). The number of aliphatic imine (C=N–C) groups is 1. The van der Waals surface area contributed by atoms with Crippen LogP contribution < -0.4 is 5.73 Å². The first-order valence-corrected chi connectivity index (χ1v) is 3.87. The zero-order valence-corrected chi connectivity index (χ0v) is 6.38.